The molecule has 2 aromatic heterocycles. The maximum Gasteiger partial charge on any atom is 0.329 e. The number of carbonyl (C=O) groups excluding carboxylic acids is 1. The Morgan fingerprint density at radius 1 is 1.32 bits per heavy atom. The molecule has 0 saturated carbocycles. The van der Waals surface area contributed by atoms with Crippen LogP contribution in [0.1, 0.15) is 56.3 Å². The summed E-state index contributed by atoms with van der Waals surface area (Å²) >= 11 is 0. The summed E-state index contributed by atoms with van der Waals surface area (Å²) in [6, 6.07) is 1.81. The van der Waals surface area contributed by atoms with Gasteiger partial charge in [-0.1, -0.05) is 13.8 Å². The van der Waals surface area contributed by atoms with Gasteiger partial charge in [0.2, 0.25) is 0 Å². The van der Waals surface area contributed by atoms with E-state index in [1.165, 1.54) is 10.8 Å². The van der Waals surface area contributed by atoms with Crippen LogP contribution in [0.4, 0.5) is 0 Å². The van der Waals surface area contributed by atoms with E-state index in [1.807, 2.05) is 11.8 Å². The van der Waals surface area contributed by atoms with Gasteiger partial charge < -0.3 is 4.90 Å². The van der Waals surface area contributed by atoms with Gasteiger partial charge in [-0.05, 0) is 38.2 Å². The van der Waals surface area contributed by atoms with Crippen molar-refractivity contribution >= 4 is 16.9 Å². The molecule has 3 heterocycles. The van der Waals surface area contributed by atoms with Crippen LogP contribution in [0.3, 0.4) is 0 Å². The first-order chi connectivity index (χ1) is 12.1. The van der Waals surface area contributed by atoms with Gasteiger partial charge >= 0.3 is 5.69 Å². The number of piperidine rings is 1. The number of aryl methyl sites for hydroxylation is 1. The lowest BCUT2D eigenvalue weighted by molar-refractivity contribution is 0.0608. The number of amides is 1. The van der Waals surface area contributed by atoms with Gasteiger partial charge in [-0.2, -0.15) is 0 Å². The molecule has 1 N–H and O–H groups in total. The van der Waals surface area contributed by atoms with Crippen LogP contribution >= 0.6 is 0 Å². The summed E-state index contributed by atoms with van der Waals surface area (Å²) in [7, 11) is 0. The predicted molar refractivity (Wildman–Crippen MR) is 95.9 cm³/mol. The summed E-state index contributed by atoms with van der Waals surface area (Å²) in [5, 5.41) is 0.281. The van der Waals surface area contributed by atoms with Crippen molar-refractivity contribution in [2.24, 2.45) is 0 Å². The maximum atomic E-state index is 12.9. The molecule has 1 aliphatic rings. The van der Waals surface area contributed by atoms with Crippen LogP contribution < -0.4 is 11.2 Å². The molecule has 0 spiro atoms. The highest BCUT2D eigenvalue weighted by molar-refractivity contribution is 5.97. The van der Waals surface area contributed by atoms with Crippen molar-refractivity contribution in [1.82, 2.24) is 19.4 Å². The third-order valence-corrected chi connectivity index (χ3v) is 4.89. The summed E-state index contributed by atoms with van der Waals surface area (Å²) in [5.41, 5.74) is -0.230. The van der Waals surface area contributed by atoms with E-state index >= 15 is 0 Å². The van der Waals surface area contributed by atoms with Crippen molar-refractivity contribution < 1.29 is 4.79 Å². The topological polar surface area (TPSA) is 88.1 Å². The Kier molecular flexibility index (Phi) is 5.01. The number of hydrogen-bond donors (Lipinski definition) is 1. The highest BCUT2D eigenvalue weighted by Crippen LogP contribution is 2.22. The molecule has 0 radical (unpaired) electrons. The van der Waals surface area contributed by atoms with Gasteiger partial charge in [-0.15, -0.1) is 0 Å². The quantitative estimate of drug-likeness (QED) is 0.917. The number of fused-ring (bicyclic) bond motifs is 1. The molecule has 1 amide bonds. The van der Waals surface area contributed by atoms with Crippen molar-refractivity contribution in [3.05, 3.63) is 38.7 Å². The van der Waals surface area contributed by atoms with Crippen molar-refractivity contribution in [1.29, 1.82) is 0 Å². The molecule has 0 aliphatic carbocycles. The molecule has 1 fully saturated rings. The summed E-state index contributed by atoms with van der Waals surface area (Å²) < 4.78 is 1.45. The van der Waals surface area contributed by atoms with E-state index in [4.69, 9.17) is 0 Å². The van der Waals surface area contributed by atoms with Crippen LogP contribution in [0.25, 0.3) is 11.0 Å². The highest BCUT2D eigenvalue weighted by atomic mass is 16.2. The minimum atomic E-state index is -0.500. The number of likely N-dealkylation sites (tertiary alicyclic amines) is 1. The van der Waals surface area contributed by atoms with E-state index in [9.17, 15) is 14.4 Å². The minimum Gasteiger partial charge on any atom is -0.336 e. The number of H-pyrrole nitrogens is 1. The fourth-order valence-corrected chi connectivity index (χ4v) is 3.57. The van der Waals surface area contributed by atoms with Gasteiger partial charge in [-0.3, -0.25) is 19.1 Å². The highest BCUT2D eigenvalue weighted by Gasteiger charge is 2.26. The van der Waals surface area contributed by atoms with Gasteiger partial charge in [0.1, 0.15) is 5.65 Å². The maximum absolute atomic E-state index is 12.9. The molecule has 1 atom stereocenters. The normalized spacial score (nSPS) is 17.8. The molecule has 1 aliphatic heterocycles. The van der Waals surface area contributed by atoms with Crippen molar-refractivity contribution in [3.8, 4) is 0 Å². The summed E-state index contributed by atoms with van der Waals surface area (Å²) in [5.74, 6) is -0.0893. The van der Waals surface area contributed by atoms with Crippen LogP contribution in [-0.4, -0.2) is 37.9 Å². The molecule has 1 saturated heterocycles. The van der Waals surface area contributed by atoms with Crippen LogP contribution in [0.2, 0.25) is 0 Å². The third kappa shape index (κ3) is 3.23. The van der Waals surface area contributed by atoms with E-state index in [-0.39, 0.29) is 17.3 Å². The van der Waals surface area contributed by atoms with E-state index < -0.39 is 11.2 Å². The molecular formula is C18H24N4O3. The van der Waals surface area contributed by atoms with Gasteiger partial charge in [0.25, 0.3) is 11.5 Å². The number of aromatic amines is 1. The molecule has 25 heavy (non-hydrogen) atoms. The standard InChI is InChI=1S/C18H24N4O3/c1-3-8-22-15-14(16(23)20-18(22)25)10-12(11-19-15)17(24)21-9-6-5-7-13(21)4-2/h10-11,13H,3-9H2,1-2H3,(H,20,23,25)/t13-/m1/s1. The second-order valence-electron chi connectivity index (χ2n) is 6.56. The molecule has 3 rings (SSSR count). The van der Waals surface area contributed by atoms with E-state index in [2.05, 4.69) is 16.9 Å². The van der Waals surface area contributed by atoms with Crippen molar-refractivity contribution in [3.63, 3.8) is 0 Å². The zero-order chi connectivity index (χ0) is 18.0. The molecule has 0 unspecified atom stereocenters. The number of nitrogens with one attached hydrogen (secondary N) is 1. The van der Waals surface area contributed by atoms with Crippen LogP contribution in [0.5, 0.6) is 0 Å². The first-order valence-electron chi connectivity index (χ1n) is 9.00. The van der Waals surface area contributed by atoms with Gasteiger partial charge in [-0.25, -0.2) is 9.78 Å². The average molecular weight is 344 g/mol. The number of nitrogens with zero attached hydrogens (tertiary/aromatic N) is 3. The van der Waals surface area contributed by atoms with Gasteiger partial charge in [0, 0.05) is 25.3 Å². The fourth-order valence-electron chi connectivity index (χ4n) is 3.57. The lowest BCUT2D eigenvalue weighted by Crippen LogP contribution is -2.43. The van der Waals surface area contributed by atoms with E-state index in [1.54, 1.807) is 6.07 Å². The first kappa shape index (κ1) is 17.4. The number of hydrogen-bond acceptors (Lipinski definition) is 4. The Hall–Kier alpha value is -2.44. The first-order valence-corrected chi connectivity index (χ1v) is 9.00. The zero-order valence-corrected chi connectivity index (χ0v) is 14.7. The summed E-state index contributed by atoms with van der Waals surface area (Å²) in [6.45, 7) is 5.24. The summed E-state index contributed by atoms with van der Waals surface area (Å²) in [6.07, 6.45) is 6.30. The lowest BCUT2D eigenvalue weighted by atomic mass is 9.99. The Balaban J connectivity index is 2.05. The fraction of sp³-hybridized carbons (Fsp3) is 0.556. The number of carbonyl (C=O) groups is 1. The molecule has 7 nitrogen and oxygen atoms in total. The minimum absolute atomic E-state index is 0.0893. The smallest absolute Gasteiger partial charge is 0.329 e. The Morgan fingerprint density at radius 2 is 2.12 bits per heavy atom. The second-order valence-corrected chi connectivity index (χ2v) is 6.56. The Labute approximate surface area is 145 Å². The van der Waals surface area contributed by atoms with Crippen molar-refractivity contribution in [2.75, 3.05) is 6.54 Å². The van der Waals surface area contributed by atoms with E-state index in [0.717, 1.165) is 38.6 Å². The Morgan fingerprint density at radius 3 is 2.84 bits per heavy atom. The lowest BCUT2D eigenvalue weighted by Gasteiger charge is -2.35. The van der Waals surface area contributed by atoms with E-state index in [0.29, 0.717) is 17.8 Å². The third-order valence-electron chi connectivity index (χ3n) is 4.89. The SMILES string of the molecule is CCCn1c(=O)[nH]c(=O)c2cc(C(=O)N3CCCC[C@H]3CC)cnc21. The molecule has 7 heteroatoms. The summed E-state index contributed by atoms with van der Waals surface area (Å²) in [4.78, 5) is 45.6. The average Bonchev–Trinajstić information content (AvgIpc) is 2.64. The zero-order valence-electron chi connectivity index (χ0n) is 14.7. The Bertz CT molecular complexity index is 899. The van der Waals surface area contributed by atoms with Crippen molar-refractivity contribution in [2.45, 2.75) is 58.5 Å². The van der Waals surface area contributed by atoms with Crippen LogP contribution in [-0.2, 0) is 6.54 Å². The van der Waals surface area contributed by atoms with Crippen LogP contribution in [0, 0.1) is 0 Å². The second kappa shape index (κ2) is 7.21. The molecule has 2 aromatic rings. The largest absolute Gasteiger partial charge is 0.336 e. The van der Waals surface area contributed by atoms with Gasteiger partial charge in [0.05, 0.1) is 10.9 Å². The monoisotopic (exact) mass is 344 g/mol. The number of rotatable bonds is 4. The van der Waals surface area contributed by atoms with Gasteiger partial charge in [0.15, 0.2) is 0 Å². The molecule has 0 aromatic carbocycles. The number of aromatic nitrogens is 3. The molecule has 0 bridgehead atoms. The predicted octanol–water partition coefficient (Wildman–Crippen LogP) is 1.90. The number of pyridine rings is 1. The molecular weight excluding hydrogens is 320 g/mol. The van der Waals surface area contributed by atoms with Crippen LogP contribution in [0.15, 0.2) is 21.9 Å². The molecule has 134 valence electrons.